The van der Waals surface area contributed by atoms with Gasteiger partial charge in [-0.3, -0.25) is 0 Å². The third kappa shape index (κ3) is 5.28. The van der Waals surface area contributed by atoms with Gasteiger partial charge in [0.15, 0.2) is 0 Å². The molecule has 1 fully saturated rings. The molecule has 1 aromatic carbocycles. The van der Waals surface area contributed by atoms with E-state index in [9.17, 15) is 5.11 Å². The molecule has 21 heavy (non-hydrogen) atoms. The summed E-state index contributed by atoms with van der Waals surface area (Å²) in [5, 5.41) is 10.1. The van der Waals surface area contributed by atoms with E-state index in [1.807, 2.05) is 24.3 Å². The molecule has 0 amide bonds. The van der Waals surface area contributed by atoms with E-state index < -0.39 is 6.10 Å². The minimum atomic E-state index is -0.439. The average Bonchev–Trinajstić information content (AvgIpc) is 2.48. The molecular weight excluding hydrogens is 270 g/mol. The van der Waals surface area contributed by atoms with Crippen molar-refractivity contribution in [2.24, 2.45) is 0 Å². The molecule has 1 aliphatic heterocycles. The summed E-state index contributed by atoms with van der Waals surface area (Å²) in [5.74, 6) is 0.837. The van der Waals surface area contributed by atoms with Crippen LogP contribution in [-0.2, 0) is 16.1 Å². The second kappa shape index (κ2) is 7.75. The van der Waals surface area contributed by atoms with E-state index in [-0.39, 0.29) is 0 Å². The van der Waals surface area contributed by atoms with E-state index in [4.69, 9.17) is 14.2 Å². The summed E-state index contributed by atoms with van der Waals surface area (Å²) in [5.41, 5.74) is 1.08. The lowest BCUT2D eigenvalue weighted by Crippen LogP contribution is -2.55. The second-order valence-corrected chi connectivity index (χ2v) is 5.88. The van der Waals surface area contributed by atoms with Crippen LogP contribution >= 0.6 is 0 Å². The van der Waals surface area contributed by atoms with Crippen LogP contribution < -0.4 is 4.74 Å². The number of nitrogens with zero attached hydrogens (tertiary/aromatic N) is 1. The lowest BCUT2D eigenvalue weighted by Gasteiger charge is -2.38. The van der Waals surface area contributed by atoms with Crippen molar-refractivity contribution in [3.05, 3.63) is 29.8 Å². The summed E-state index contributed by atoms with van der Waals surface area (Å²) >= 11 is 0. The molecule has 1 unspecified atom stereocenters. The highest BCUT2D eigenvalue weighted by atomic mass is 16.5. The number of quaternary nitrogens is 1. The number of hydrogen-bond acceptors (Lipinski definition) is 4. The van der Waals surface area contributed by atoms with Crippen molar-refractivity contribution in [3.8, 4) is 5.75 Å². The van der Waals surface area contributed by atoms with Crippen LogP contribution in [0.25, 0.3) is 0 Å². The molecule has 118 valence electrons. The quantitative estimate of drug-likeness (QED) is 0.764. The monoisotopic (exact) mass is 296 g/mol. The zero-order valence-electron chi connectivity index (χ0n) is 13.0. The van der Waals surface area contributed by atoms with Crippen LogP contribution in [0.15, 0.2) is 24.3 Å². The van der Waals surface area contributed by atoms with Gasteiger partial charge >= 0.3 is 0 Å². The number of rotatable bonds is 7. The van der Waals surface area contributed by atoms with Crippen molar-refractivity contribution >= 4 is 0 Å². The molecule has 5 nitrogen and oxygen atoms in total. The van der Waals surface area contributed by atoms with E-state index >= 15 is 0 Å². The maximum absolute atomic E-state index is 10.1. The summed E-state index contributed by atoms with van der Waals surface area (Å²) in [7, 11) is 3.81. The maximum atomic E-state index is 10.1. The van der Waals surface area contributed by atoms with E-state index in [0.29, 0.717) is 19.8 Å². The van der Waals surface area contributed by atoms with Crippen molar-refractivity contribution in [1.29, 1.82) is 0 Å². The number of morpholine rings is 1. The van der Waals surface area contributed by atoms with Crippen molar-refractivity contribution in [2.75, 3.05) is 53.6 Å². The molecule has 1 heterocycles. The first kappa shape index (κ1) is 16.2. The Morgan fingerprint density at radius 1 is 1.24 bits per heavy atom. The molecular formula is C16H26NO4+. The van der Waals surface area contributed by atoms with Crippen LogP contribution in [0.2, 0.25) is 0 Å². The number of benzene rings is 1. The Hall–Kier alpha value is -1.14. The van der Waals surface area contributed by atoms with Gasteiger partial charge in [-0.15, -0.1) is 0 Å². The third-order valence-electron chi connectivity index (χ3n) is 3.94. The number of aliphatic hydroxyl groups excluding tert-OH is 1. The molecule has 1 atom stereocenters. The third-order valence-corrected chi connectivity index (χ3v) is 3.94. The van der Waals surface area contributed by atoms with Crippen LogP contribution in [0.3, 0.4) is 0 Å². The first-order chi connectivity index (χ1) is 10.1. The van der Waals surface area contributed by atoms with Crippen molar-refractivity contribution in [2.45, 2.75) is 12.7 Å². The summed E-state index contributed by atoms with van der Waals surface area (Å²) < 4.78 is 16.9. The fourth-order valence-corrected chi connectivity index (χ4v) is 2.56. The van der Waals surface area contributed by atoms with Gasteiger partial charge in [0.25, 0.3) is 0 Å². The maximum Gasteiger partial charge on any atom is 0.126 e. The molecule has 0 aromatic heterocycles. The van der Waals surface area contributed by atoms with E-state index in [1.54, 1.807) is 7.11 Å². The lowest BCUT2D eigenvalue weighted by molar-refractivity contribution is -0.919. The molecule has 1 N–H and O–H groups in total. The van der Waals surface area contributed by atoms with E-state index in [1.165, 1.54) is 0 Å². The van der Waals surface area contributed by atoms with Gasteiger partial charge in [-0.25, -0.2) is 0 Å². The highest BCUT2D eigenvalue weighted by molar-refractivity contribution is 5.26. The zero-order chi connectivity index (χ0) is 15.1. The molecule has 1 aliphatic rings. The molecule has 0 saturated carbocycles. The fraction of sp³-hybridized carbons (Fsp3) is 0.625. The Labute approximate surface area is 126 Å². The Balaban J connectivity index is 1.69. The van der Waals surface area contributed by atoms with E-state index in [0.717, 1.165) is 42.1 Å². The molecule has 0 aliphatic carbocycles. The van der Waals surface area contributed by atoms with Crippen LogP contribution in [-0.4, -0.2) is 69.3 Å². The highest BCUT2D eigenvalue weighted by Crippen LogP contribution is 2.13. The predicted molar refractivity (Wildman–Crippen MR) is 80.3 cm³/mol. The van der Waals surface area contributed by atoms with Crippen LogP contribution in [0.5, 0.6) is 5.75 Å². The summed E-state index contributed by atoms with van der Waals surface area (Å²) in [4.78, 5) is 0. The highest BCUT2D eigenvalue weighted by Gasteiger charge is 2.28. The largest absolute Gasteiger partial charge is 0.497 e. The van der Waals surface area contributed by atoms with Crippen LogP contribution in [0.1, 0.15) is 5.56 Å². The van der Waals surface area contributed by atoms with Gasteiger partial charge in [0.2, 0.25) is 0 Å². The van der Waals surface area contributed by atoms with Crippen LogP contribution in [0.4, 0.5) is 0 Å². The predicted octanol–water partition coefficient (Wildman–Crippen LogP) is 1.05. The normalized spacial score (nSPS) is 19.2. The number of likely N-dealkylation sites (N-methyl/N-ethyl adjacent to an activating group) is 1. The van der Waals surface area contributed by atoms with Crippen LogP contribution in [0, 0.1) is 0 Å². The van der Waals surface area contributed by atoms with Gasteiger partial charge in [0.1, 0.15) is 31.5 Å². The fourth-order valence-electron chi connectivity index (χ4n) is 2.56. The smallest absolute Gasteiger partial charge is 0.126 e. The molecule has 1 aromatic rings. The average molecular weight is 296 g/mol. The van der Waals surface area contributed by atoms with Crippen molar-refractivity contribution in [1.82, 2.24) is 0 Å². The van der Waals surface area contributed by atoms with Gasteiger partial charge in [-0.2, -0.15) is 0 Å². The molecule has 0 spiro atoms. The van der Waals surface area contributed by atoms with Crippen molar-refractivity contribution < 1.29 is 23.8 Å². The summed E-state index contributed by atoms with van der Waals surface area (Å²) in [6.07, 6.45) is -0.439. The Bertz CT molecular complexity index is 415. The molecule has 1 saturated heterocycles. The number of ether oxygens (including phenoxy) is 3. The lowest BCUT2D eigenvalue weighted by atomic mass is 10.2. The minimum Gasteiger partial charge on any atom is -0.497 e. The van der Waals surface area contributed by atoms with Gasteiger partial charge < -0.3 is 23.8 Å². The van der Waals surface area contributed by atoms with E-state index in [2.05, 4.69) is 7.05 Å². The van der Waals surface area contributed by atoms with Gasteiger partial charge in [-0.1, -0.05) is 12.1 Å². The van der Waals surface area contributed by atoms with Gasteiger partial charge in [0.05, 0.1) is 40.6 Å². The topological polar surface area (TPSA) is 47.9 Å². The second-order valence-electron chi connectivity index (χ2n) is 5.88. The molecule has 2 rings (SSSR count). The standard InChI is InChI=1S/C16H26NO4/c1-17(7-9-20-10-8-17)11-15(18)13-21-12-14-3-5-16(19-2)6-4-14/h3-6,15,18H,7-13H2,1-2H3/q+1. The first-order valence-electron chi connectivity index (χ1n) is 7.41. The Morgan fingerprint density at radius 3 is 2.52 bits per heavy atom. The molecule has 0 radical (unpaired) electrons. The zero-order valence-corrected chi connectivity index (χ0v) is 13.0. The Kier molecular flexibility index (Phi) is 5.99. The minimum absolute atomic E-state index is 0.362. The summed E-state index contributed by atoms with van der Waals surface area (Å²) in [6.45, 7) is 5.04. The SMILES string of the molecule is COc1ccc(COCC(O)C[N+]2(C)CCOCC2)cc1. The molecule has 0 bridgehead atoms. The number of hydrogen-bond donors (Lipinski definition) is 1. The number of aliphatic hydroxyl groups is 1. The molecule has 5 heteroatoms. The first-order valence-corrected chi connectivity index (χ1v) is 7.41. The Morgan fingerprint density at radius 2 is 1.90 bits per heavy atom. The van der Waals surface area contributed by atoms with Crippen molar-refractivity contribution in [3.63, 3.8) is 0 Å². The van der Waals surface area contributed by atoms with Gasteiger partial charge in [0, 0.05) is 0 Å². The van der Waals surface area contributed by atoms with Gasteiger partial charge in [-0.05, 0) is 17.7 Å². The summed E-state index contributed by atoms with van der Waals surface area (Å²) in [6, 6.07) is 7.77. The number of methoxy groups -OCH3 is 1.